The Morgan fingerprint density at radius 1 is 1.28 bits per heavy atom. The van der Waals surface area contributed by atoms with Crippen LogP contribution in [-0.2, 0) is 9.59 Å². The standard InChI is InChI=1S/C14H25NO3/c1-9(2)15(8-10-6-7-10)12(16)11(13(17)18)14(3,4)5/h9-11H,6-8H2,1-5H3,(H,17,18). The van der Waals surface area contributed by atoms with Crippen LogP contribution in [0.15, 0.2) is 0 Å². The molecule has 1 amide bonds. The first-order valence-corrected chi connectivity index (χ1v) is 6.68. The zero-order valence-electron chi connectivity index (χ0n) is 12.1. The van der Waals surface area contributed by atoms with E-state index in [2.05, 4.69) is 0 Å². The highest BCUT2D eigenvalue weighted by molar-refractivity contribution is 5.97. The Kier molecular flexibility index (Phi) is 4.41. The molecule has 1 fully saturated rings. The molecule has 0 saturated heterocycles. The van der Waals surface area contributed by atoms with Crippen molar-refractivity contribution in [2.75, 3.05) is 6.54 Å². The Balaban J connectivity index is 2.87. The lowest BCUT2D eigenvalue weighted by Gasteiger charge is -2.34. The molecule has 0 aromatic rings. The molecule has 1 aliphatic carbocycles. The summed E-state index contributed by atoms with van der Waals surface area (Å²) in [5.41, 5.74) is -0.556. The second-order valence-electron chi connectivity index (χ2n) is 6.66. The highest BCUT2D eigenvalue weighted by Crippen LogP contribution is 2.33. The topological polar surface area (TPSA) is 57.6 Å². The van der Waals surface area contributed by atoms with Gasteiger partial charge in [-0.05, 0) is 38.0 Å². The predicted octanol–water partition coefficient (Wildman–Crippen LogP) is 2.38. The number of carbonyl (C=O) groups excluding carboxylic acids is 1. The van der Waals surface area contributed by atoms with Crippen LogP contribution in [0.3, 0.4) is 0 Å². The van der Waals surface area contributed by atoms with E-state index < -0.39 is 17.3 Å². The molecular weight excluding hydrogens is 230 g/mol. The molecule has 0 aliphatic heterocycles. The maximum atomic E-state index is 12.5. The van der Waals surface area contributed by atoms with Gasteiger partial charge in [0.25, 0.3) is 0 Å². The van der Waals surface area contributed by atoms with Crippen LogP contribution in [0.1, 0.15) is 47.5 Å². The van der Waals surface area contributed by atoms with Crippen molar-refractivity contribution >= 4 is 11.9 Å². The normalized spacial score (nSPS) is 17.7. The van der Waals surface area contributed by atoms with E-state index in [4.69, 9.17) is 0 Å². The Labute approximate surface area is 109 Å². The minimum Gasteiger partial charge on any atom is -0.481 e. The fourth-order valence-corrected chi connectivity index (χ4v) is 2.15. The molecule has 1 aliphatic rings. The Morgan fingerprint density at radius 2 is 1.78 bits per heavy atom. The van der Waals surface area contributed by atoms with Crippen molar-refractivity contribution in [1.82, 2.24) is 4.90 Å². The predicted molar refractivity (Wildman–Crippen MR) is 70.2 cm³/mol. The van der Waals surface area contributed by atoms with Crippen LogP contribution >= 0.6 is 0 Å². The maximum Gasteiger partial charge on any atom is 0.316 e. The molecule has 0 aromatic carbocycles. The summed E-state index contributed by atoms with van der Waals surface area (Å²) >= 11 is 0. The van der Waals surface area contributed by atoms with Crippen molar-refractivity contribution in [1.29, 1.82) is 0 Å². The summed E-state index contributed by atoms with van der Waals surface area (Å²) in [5, 5.41) is 9.31. The van der Waals surface area contributed by atoms with Crippen molar-refractivity contribution in [2.45, 2.75) is 53.5 Å². The van der Waals surface area contributed by atoms with Crippen molar-refractivity contribution in [3.05, 3.63) is 0 Å². The fourth-order valence-electron chi connectivity index (χ4n) is 2.15. The summed E-state index contributed by atoms with van der Waals surface area (Å²) in [7, 11) is 0. The van der Waals surface area contributed by atoms with E-state index in [-0.39, 0.29) is 11.9 Å². The van der Waals surface area contributed by atoms with Gasteiger partial charge in [0.15, 0.2) is 0 Å². The third-order valence-electron chi connectivity index (χ3n) is 3.42. The Hall–Kier alpha value is -1.06. The number of hydrogen-bond acceptors (Lipinski definition) is 2. The van der Waals surface area contributed by atoms with Crippen LogP contribution in [0.4, 0.5) is 0 Å². The Bertz CT molecular complexity index is 326. The van der Waals surface area contributed by atoms with Gasteiger partial charge in [0.05, 0.1) is 0 Å². The fraction of sp³-hybridized carbons (Fsp3) is 0.857. The quantitative estimate of drug-likeness (QED) is 0.767. The molecule has 0 heterocycles. The summed E-state index contributed by atoms with van der Waals surface area (Å²) in [4.78, 5) is 25.6. The largest absolute Gasteiger partial charge is 0.481 e. The average molecular weight is 255 g/mol. The third-order valence-corrected chi connectivity index (χ3v) is 3.42. The molecule has 0 aromatic heterocycles. The van der Waals surface area contributed by atoms with Crippen molar-refractivity contribution in [2.24, 2.45) is 17.3 Å². The van der Waals surface area contributed by atoms with Crippen molar-refractivity contribution in [3.8, 4) is 0 Å². The van der Waals surface area contributed by atoms with Crippen LogP contribution in [0, 0.1) is 17.3 Å². The van der Waals surface area contributed by atoms with Crippen molar-refractivity contribution < 1.29 is 14.7 Å². The van der Waals surface area contributed by atoms with E-state index in [0.717, 1.165) is 12.8 Å². The zero-order chi connectivity index (χ0) is 14.1. The molecule has 0 bridgehead atoms. The monoisotopic (exact) mass is 255 g/mol. The summed E-state index contributed by atoms with van der Waals surface area (Å²) < 4.78 is 0. The first kappa shape index (κ1) is 15.0. The number of carboxylic acid groups (broad SMARTS) is 1. The third kappa shape index (κ3) is 3.72. The van der Waals surface area contributed by atoms with Crippen molar-refractivity contribution in [3.63, 3.8) is 0 Å². The average Bonchev–Trinajstić information content (AvgIpc) is 2.93. The van der Waals surface area contributed by atoms with Gasteiger partial charge in [-0.1, -0.05) is 20.8 Å². The van der Waals surface area contributed by atoms with Gasteiger partial charge in [-0.3, -0.25) is 9.59 Å². The van der Waals surface area contributed by atoms with E-state index in [9.17, 15) is 14.7 Å². The molecule has 0 spiro atoms. The SMILES string of the molecule is CC(C)N(CC1CC1)C(=O)C(C(=O)O)C(C)(C)C. The lowest BCUT2D eigenvalue weighted by molar-refractivity contribution is -0.157. The first-order chi connectivity index (χ1) is 8.14. The summed E-state index contributed by atoms with van der Waals surface area (Å²) in [5.74, 6) is -1.64. The number of nitrogens with zero attached hydrogens (tertiary/aromatic N) is 1. The number of aliphatic carboxylic acids is 1. The molecule has 1 unspecified atom stereocenters. The molecule has 0 radical (unpaired) electrons. The van der Waals surface area contributed by atoms with E-state index in [0.29, 0.717) is 12.5 Å². The number of carbonyl (C=O) groups is 2. The minimum atomic E-state index is -1.02. The van der Waals surface area contributed by atoms with Gasteiger partial charge in [-0.15, -0.1) is 0 Å². The molecule has 4 nitrogen and oxygen atoms in total. The summed E-state index contributed by atoms with van der Waals surface area (Å²) in [6, 6.07) is 0.0577. The van der Waals surface area contributed by atoms with E-state index >= 15 is 0 Å². The van der Waals surface area contributed by atoms with Gasteiger partial charge in [-0.2, -0.15) is 0 Å². The molecule has 18 heavy (non-hydrogen) atoms. The minimum absolute atomic E-state index is 0.0577. The Morgan fingerprint density at radius 3 is 2.06 bits per heavy atom. The van der Waals surface area contributed by atoms with Gasteiger partial charge in [0.1, 0.15) is 5.92 Å². The lowest BCUT2D eigenvalue weighted by Crippen LogP contribution is -2.48. The van der Waals surface area contributed by atoms with Crippen LogP contribution in [0.25, 0.3) is 0 Å². The van der Waals surface area contributed by atoms with Gasteiger partial charge < -0.3 is 10.0 Å². The molecule has 104 valence electrons. The first-order valence-electron chi connectivity index (χ1n) is 6.68. The number of amides is 1. The van der Waals surface area contributed by atoms with Crippen LogP contribution in [0.2, 0.25) is 0 Å². The van der Waals surface area contributed by atoms with Gasteiger partial charge in [-0.25, -0.2) is 0 Å². The van der Waals surface area contributed by atoms with Gasteiger partial charge in [0.2, 0.25) is 5.91 Å². The van der Waals surface area contributed by atoms with E-state index in [1.54, 1.807) is 25.7 Å². The van der Waals surface area contributed by atoms with Gasteiger partial charge in [0, 0.05) is 12.6 Å². The maximum absolute atomic E-state index is 12.5. The van der Waals surface area contributed by atoms with Crippen LogP contribution < -0.4 is 0 Å². The van der Waals surface area contributed by atoms with Crippen LogP contribution in [0.5, 0.6) is 0 Å². The molecule has 4 heteroatoms. The van der Waals surface area contributed by atoms with E-state index in [1.807, 2.05) is 13.8 Å². The van der Waals surface area contributed by atoms with Gasteiger partial charge >= 0.3 is 5.97 Å². The second-order valence-corrected chi connectivity index (χ2v) is 6.66. The highest BCUT2D eigenvalue weighted by Gasteiger charge is 2.41. The smallest absolute Gasteiger partial charge is 0.316 e. The molecule has 1 atom stereocenters. The molecule has 1 N–H and O–H groups in total. The van der Waals surface area contributed by atoms with E-state index in [1.165, 1.54) is 0 Å². The number of rotatable bonds is 5. The zero-order valence-corrected chi connectivity index (χ0v) is 12.1. The molecule has 1 saturated carbocycles. The summed E-state index contributed by atoms with van der Waals surface area (Å²) in [6.07, 6.45) is 2.31. The number of carboxylic acids is 1. The second kappa shape index (κ2) is 5.29. The molecule has 1 rings (SSSR count). The molecular formula is C14H25NO3. The lowest BCUT2D eigenvalue weighted by atomic mass is 9.79. The summed E-state index contributed by atoms with van der Waals surface area (Å²) in [6.45, 7) is 10.0. The number of hydrogen-bond donors (Lipinski definition) is 1. The van der Waals surface area contributed by atoms with Crippen LogP contribution in [-0.4, -0.2) is 34.5 Å². The highest BCUT2D eigenvalue weighted by atomic mass is 16.4.